The fourth-order valence-corrected chi connectivity index (χ4v) is 3.45. The predicted octanol–water partition coefficient (Wildman–Crippen LogP) is 6.12. The number of halogens is 2. The van der Waals surface area contributed by atoms with Crippen molar-refractivity contribution in [3.63, 3.8) is 0 Å². The van der Waals surface area contributed by atoms with Gasteiger partial charge in [-0.2, -0.15) is 0 Å². The van der Waals surface area contributed by atoms with Gasteiger partial charge in [-0.3, -0.25) is 0 Å². The van der Waals surface area contributed by atoms with E-state index in [1.165, 1.54) is 11.1 Å². The zero-order valence-corrected chi connectivity index (χ0v) is 13.8. The maximum Gasteiger partial charge on any atom is 0.0638 e. The molecule has 0 saturated carbocycles. The third kappa shape index (κ3) is 2.90. The van der Waals surface area contributed by atoms with Gasteiger partial charge < -0.3 is 5.32 Å². The Labute approximate surface area is 136 Å². The highest BCUT2D eigenvalue weighted by atomic mass is 35.5. The number of anilines is 1. The quantitative estimate of drug-likeness (QED) is 0.703. The summed E-state index contributed by atoms with van der Waals surface area (Å²) in [7, 11) is 0. The Kier molecular flexibility index (Phi) is 3.90. The molecule has 1 N–H and O–H groups in total. The molecule has 1 nitrogen and oxygen atoms in total. The van der Waals surface area contributed by atoms with Crippen LogP contribution in [0.5, 0.6) is 0 Å². The minimum absolute atomic E-state index is 0.167. The molecule has 0 radical (unpaired) electrons. The van der Waals surface area contributed by atoms with E-state index in [1.54, 1.807) is 0 Å². The van der Waals surface area contributed by atoms with E-state index in [0.29, 0.717) is 10.0 Å². The standard InChI is InChI=1S/C18H19Cl2N/c1-18(2)10-9-12-5-3-4-6-14(12)17(18)21-16-11-13(19)7-8-15(16)20/h3-8,11,17,21H,9-10H2,1-2H3. The van der Waals surface area contributed by atoms with E-state index in [0.717, 1.165) is 18.5 Å². The van der Waals surface area contributed by atoms with Crippen LogP contribution in [0.2, 0.25) is 10.0 Å². The van der Waals surface area contributed by atoms with Crippen molar-refractivity contribution in [3.05, 3.63) is 63.6 Å². The van der Waals surface area contributed by atoms with E-state index in [1.807, 2.05) is 18.2 Å². The van der Waals surface area contributed by atoms with Gasteiger partial charge in [-0.1, -0.05) is 61.3 Å². The minimum atomic E-state index is 0.167. The van der Waals surface area contributed by atoms with E-state index in [4.69, 9.17) is 23.2 Å². The summed E-state index contributed by atoms with van der Waals surface area (Å²) in [6.45, 7) is 4.61. The molecule has 0 aliphatic heterocycles. The lowest BCUT2D eigenvalue weighted by Crippen LogP contribution is -2.33. The summed E-state index contributed by atoms with van der Waals surface area (Å²) in [5, 5.41) is 5.02. The first-order chi connectivity index (χ1) is 9.97. The predicted molar refractivity (Wildman–Crippen MR) is 91.4 cm³/mol. The van der Waals surface area contributed by atoms with Crippen molar-refractivity contribution >= 4 is 28.9 Å². The number of hydrogen-bond acceptors (Lipinski definition) is 1. The molecule has 0 aromatic heterocycles. The lowest BCUT2D eigenvalue weighted by Gasteiger charge is -2.41. The number of aryl methyl sites for hydroxylation is 1. The number of nitrogens with one attached hydrogen (secondary N) is 1. The molecule has 0 bridgehead atoms. The SMILES string of the molecule is CC1(C)CCc2ccccc2C1Nc1cc(Cl)ccc1Cl. The Bertz CT molecular complexity index is 664. The van der Waals surface area contributed by atoms with E-state index >= 15 is 0 Å². The van der Waals surface area contributed by atoms with Crippen LogP contribution in [-0.4, -0.2) is 0 Å². The number of rotatable bonds is 2. The van der Waals surface area contributed by atoms with Gasteiger partial charge in [0.05, 0.1) is 16.8 Å². The normalized spacial score (nSPS) is 19.9. The van der Waals surface area contributed by atoms with Crippen LogP contribution < -0.4 is 5.32 Å². The maximum atomic E-state index is 6.31. The van der Waals surface area contributed by atoms with Gasteiger partial charge >= 0.3 is 0 Å². The van der Waals surface area contributed by atoms with Crippen molar-refractivity contribution in [3.8, 4) is 0 Å². The molecule has 3 heteroatoms. The summed E-state index contributed by atoms with van der Waals surface area (Å²) in [6.07, 6.45) is 2.28. The maximum absolute atomic E-state index is 6.31. The minimum Gasteiger partial charge on any atom is -0.376 e. The third-order valence-electron chi connectivity index (χ3n) is 4.41. The molecule has 2 aromatic rings. The van der Waals surface area contributed by atoms with E-state index in [-0.39, 0.29) is 11.5 Å². The lowest BCUT2D eigenvalue weighted by molar-refractivity contribution is 0.265. The summed E-state index contributed by atoms with van der Waals surface area (Å²) in [5.74, 6) is 0. The van der Waals surface area contributed by atoms with Crippen molar-refractivity contribution in [2.75, 3.05) is 5.32 Å². The molecule has 21 heavy (non-hydrogen) atoms. The molecule has 0 heterocycles. The van der Waals surface area contributed by atoms with Gasteiger partial charge in [-0.05, 0) is 47.6 Å². The van der Waals surface area contributed by atoms with Crippen LogP contribution in [0.4, 0.5) is 5.69 Å². The van der Waals surface area contributed by atoms with Gasteiger partial charge in [0.25, 0.3) is 0 Å². The second-order valence-corrected chi connectivity index (χ2v) is 7.23. The van der Waals surface area contributed by atoms with Crippen LogP contribution in [0.25, 0.3) is 0 Å². The summed E-state index contributed by atoms with van der Waals surface area (Å²) >= 11 is 12.4. The van der Waals surface area contributed by atoms with Crippen LogP contribution in [0.3, 0.4) is 0 Å². The average Bonchev–Trinajstić information content (AvgIpc) is 2.46. The van der Waals surface area contributed by atoms with Crippen LogP contribution in [0.15, 0.2) is 42.5 Å². The van der Waals surface area contributed by atoms with Crippen LogP contribution in [0.1, 0.15) is 37.4 Å². The van der Waals surface area contributed by atoms with Gasteiger partial charge in [-0.25, -0.2) is 0 Å². The Morgan fingerprint density at radius 2 is 1.86 bits per heavy atom. The zero-order valence-electron chi connectivity index (χ0n) is 12.3. The van der Waals surface area contributed by atoms with Crippen molar-refractivity contribution < 1.29 is 0 Å². The Balaban J connectivity index is 2.01. The van der Waals surface area contributed by atoms with Crippen molar-refractivity contribution in [1.29, 1.82) is 0 Å². The molecule has 1 unspecified atom stereocenters. The lowest BCUT2D eigenvalue weighted by atomic mass is 9.70. The smallest absolute Gasteiger partial charge is 0.0638 e. The second-order valence-electron chi connectivity index (χ2n) is 6.39. The van der Waals surface area contributed by atoms with E-state index in [2.05, 4.69) is 43.4 Å². The summed E-state index contributed by atoms with van der Waals surface area (Å²) in [5.41, 5.74) is 3.86. The van der Waals surface area contributed by atoms with Crippen molar-refractivity contribution in [2.24, 2.45) is 5.41 Å². The molecule has 3 rings (SSSR count). The van der Waals surface area contributed by atoms with Gasteiger partial charge in [-0.15, -0.1) is 0 Å². The molecule has 1 atom stereocenters. The van der Waals surface area contributed by atoms with Gasteiger partial charge in [0.1, 0.15) is 0 Å². The number of benzene rings is 2. The summed E-state index contributed by atoms with van der Waals surface area (Å²) < 4.78 is 0. The molecule has 0 spiro atoms. The number of fused-ring (bicyclic) bond motifs is 1. The molecule has 2 aromatic carbocycles. The molecule has 0 fully saturated rings. The van der Waals surface area contributed by atoms with Gasteiger partial charge in [0.2, 0.25) is 0 Å². The highest BCUT2D eigenvalue weighted by Gasteiger charge is 2.35. The Morgan fingerprint density at radius 3 is 2.67 bits per heavy atom. The molecule has 0 amide bonds. The van der Waals surface area contributed by atoms with Gasteiger partial charge in [0.15, 0.2) is 0 Å². The largest absolute Gasteiger partial charge is 0.376 e. The topological polar surface area (TPSA) is 12.0 Å². The first kappa shape index (κ1) is 14.7. The molecule has 0 saturated heterocycles. The van der Waals surface area contributed by atoms with E-state index in [9.17, 15) is 0 Å². The van der Waals surface area contributed by atoms with E-state index < -0.39 is 0 Å². The van der Waals surface area contributed by atoms with Crippen molar-refractivity contribution in [1.82, 2.24) is 0 Å². The summed E-state index contributed by atoms with van der Waals surface area (Å²) in [4.78, 5) is 0. The monoisotopic (exact) mass is 319 g/mol. The third-order valence-corrected chi connectivity index (χ3v) is 4.98. The molecule has 1 aliphatic carbocycles. The molecular weight excluding hydrogens is 301 g/mol. The van der Waals surface area contributed by atoms with Crippen molar-refractivity contribution in [2.45, 2.75) is 32.7 Å². The highest BCUT2D eigenvalue weighted by Crippen LogP contribution is 2.46. The molecule has 1 aliphatic rings. The fourth-order valence-electron chi connectivity index (χ4n) is 3.10. The van der Waals surface area contributed by atoms with Crippen LogP contribution in [0, 0.1) is 5.41 Å². The average molecular weight is 320 g/mol. The highest BCUT2D eigenvalue weighted by molar-refractivity contribution is 6.35. The second kappa shape index (κ2) is 5.55. The zero-order chi connectivity index (χ0) is 15.0. The first-order valence-corrected chi connectivity index (χ1v) is 8.02. The van der Waals surface area contributed by atoms with Gasteiger partial charge in [0, 0.05) is 5.02 Å². The Hall–Kier alpha value is -1.18. The number of hydrogen-bond donors (Lipinski definition) is 1. The molecule has 110 valence electrons. The van der Waals surface area contributed by atoms with Crippen LogP contribution in [-0.2, 0) is 6.42 Å². The summed E-state index contributed by atoms with van der Waals surface area (Å²) in [6, 6.07) is 14.4. The van der Waals surface area contributed by atoms with Crippen LogP contribution >= 0.6 is 23.2 Å². The fraction of sp³-hybridized carbons (Fsp3) is 0.333. The molecular formula is C18H19Cl2N. The Morgan fingerprint density at radius 1 is 1.10 bits per heavy atom. The first-order valence-electron chi connectivity index (χ1n) is 7.27.